The fourth-order valence-corrected chi connectivity index (χ4v) is 3.46. The minimum absolute atomic E-state index is 0.0523. The van der Waals surface area contributed by atoms with Crippen molar-refractivity contribution >= 4 is 43.5 Å². The van der Waals surface area contributed by atoms with Crippen molar-refractivity contribution in [3.8, 4) is 0 Å². The average Bonchev–Trinajstić information content (AvgIpc) is 2.83. The van der Waals surface area contributed by atoms with Crippen LogP contribution in [0.4, 0.5) is 5.69 Å². The van der Waals surface area contributed by atoms with Crippen molar-refractivity contribution in [3.63, 3.8) is 0 Å². The van der Waals surface area contributed by atoms with Crippen molar-refractivity contribution in [1.82, 2.24) is 0 Å². The monoisotopic (exact) mass is 596 g/mol. The molecule has 0 spiro atoms. The van der Waals surface area contributed by atoms with Crippen molar-refractivity contribution in [3.05, 3.63) is 109 Å². The van der Waals surface area contributed by atoms with Crippen LogP contribution in [0, 0.1) is 10.1 Å². The lowest BCUT2D eigenvalue weighted by atomic mass is 9.86. The quantitative estimate of drug-likeness (QED) is 0.204. The molecule has 180 valence electrons. The van der Waals surface area contributed by atoms with E-state index in [1.807, 2.05) is 0 Å². The van der Waals surface area contributed by atoms with Crippen LogP contribution in [0.1, 0.15) is 22.8 Å². The molecule has 2 unspecified atom stereocenters. The van der Waals surface area contributed by atoms with Gasteiger partial charge in [-0.3, -0.25) is 10.1 Å². The van der Waals surface area contributed by atoms with Gasteiger partial charge >= 0.3 is 5.97 Å². The molecule has 0 aliphatic heterocycles. The van der Waals surface area contributed by atoms with Crippen LogP contribution in [0.2, 0.25) is 0 Å². The summed E-state index contributed by atoms with van der Waals surface area (Å²) in [4.78, 5) is 21.3. The molecule has 0 aliphatic rings. The van der Waals surface area contributed by atoms with Gasteiger partial charge in [0.05, 0.1) is 23.7 Å². The van der Waals surface area contributed by atoms with Crippen molar-refractivity contribution in [2.75, 3.05) is 6.61 Å². The number of rotatable bonds is 7. The largest absolute Gasteiger partial charge is 0.479 e. The SMILES string of the molecule is NC(CO)C(O)c1ccc([N+](=O)[O-])cc1.O=C(O)C(O)(c1ccc(Br)cc1)c1ccc(Br)cc1. The molecule has 0 heterocycles. The highest BCUT2D eigenvalue weighted by molar-refractivity contribution is 9.10. The maximum absolute atomic E-state index is 11.5. The van der Waals surface area contributed by atoms with Crippen LogP contribution in [0.25, 0.3) is 0 Å². The number of aliphatic hydroxyl groups excluding tert-OH is 2. The molecule has 0 saturated carbocycles. The Bertz CT molecular complexity index is 1060. The van der Waals surface area contributed by atoms with Gasteiger partial charge in [0.15, 0.2) is 0 Å². The number of carboxylic acid groups (broad SMARTS) is 1. The van der Waals surface area contributed by atoms with E-state index in [0.29, 0.717) is 16.7 Å². The molecule has 0 aliphatic carbocycles. The fourth-order valence-electron chi connectivity index (χ4n) is 2.94. The van der Waals surface area contributed by atoms with E-state index in [1.54, 1.807) is 48.5 Å². The summed E-state index contributed by atoms with van der Waals surface area (Å²) in [6.07, 6.45) is -1.02. The highest BCUT2D eigenvalue weighted by atomic mass is 79.9. The summed E-state index contributed by atoms with van der Waals surface area (Å²) < 4.78 is 1.64. The summed E-state index contributed by atoms with van der Waals surface area (Å²) in [5, 5.41) is 48.6. The van der Waals surface area contributed by atoms with Crippen LogP contribution >= 0.6 is 31.9 Å². The van der Waals surface area contributed by atoms with Gasteiger partial charge in [-0.25, -0.2) is 4.79 Å². The molecule has 0 radical (unpaired) electrons. The van der Waals surface area contributed by atoms with Crippen molar-refractivity contribution in [2.24, 2.45) is 5.73 Å². The molecule has 6 N–H and O–H groups in total. The van der Waals surface area contributed by atoms with Crippen molar-refractivity contribution in [1.29, 1.82) is 0 Å². The number of carboxylic acids is 1. The summed E-state index contributed by atoms with van der Waals surface area (Å²) in [6.45, 7) is -0.349. The molecule has 34 heavy (non-hydrogen) atoms. The number of nitro groups is 1. The molecule has 3 aromatic carbocycles. The van der Waals surface area contributed by atoms with Gasteiger partial charge in [-0.2, -0.15) is 0 Å². The summed E-state index contributed by atoms with van der Waals surface area (Å²) in [7, 11) is 0. The molecule has 0 aromatic heterocycles. The first-order valence-electron chi connectivity index (χ1n) is 9.77. The van der Waals surface area contributed by atoms with E-state index in [4.69, 9.17) is 10.8 Å². The van der Waals surface area contributed by atoms with Crippen LogP contribution in [-0.2, 0) is 10.4 Å². The minimum Gasteiger partial charge on any atom is -0.479 e. The van der Waals surface area contributed by atoms with Gasteiger partial charge in [-0.1, -0.05) is 56.1 Å². The number of nitrogens with zero attached hydrogens (tertiary/aromatic N) is 1. The number of nitro benzene ring substituents is 1. The van der Waals surface area contributed by atoms with Gasteiger partial charge in [0.1, 0.15) is 0 Å². The Labute approximate surface area is 211 Å². The number of carbonyl (C=O) groups is 1. The Hall–Kier alpha value is -2.67. The Morgan fingerprint density at radius 2 is 1.35 bits per heavy atom. The van der Waals surface area contributed by atoms with Gasteiger partial charge in [-0.05, 0) is 53.1 Å². The van der Waals surface area contributed by atoms with Gasteiger partial charge in [0.2, 0.25) is 5.60 Å². The zero-order valence-electron chi connectivity index (χ0n) is 17.6. The minimum atomic E-state index is -2.05. The van der Waals surface area contributed by atoms with Crippen LogP contribution in [0.3, 0.4) is 0 Å². The molecule has 11 heteroatoms. The standard InChI is InChI=1S/C14H10Br2O3.C9H12N2O4/c15-11-5-1-9(2-6-11)14(19,13(17)18)10-3-7-12(16)8-4-10;10-8(5-12)9(13)6-1-3-7(4-2-6)11(14)15/h1-8,19H,(H,17,18);1-4,8-9,12-13H,5,10H2. The zero-order chi connectivity index (χ0) is 25.5. The van der Waals surface area contributed by atoms with Crippen LogP contribution in [0.15, 0.2) is 81.7 Å². The van der Waals surface area contributed by atoms with Crippen LogP contribution in [0.5, 0.6) is 0 Å². The lowest BCUT2D eigenvalue weighted by molar-refractivity contribution is -0.384. The Kier molecular flexibility index (Phi) is 9.86. The first-order valence-corrected chi connectivity index (χ1v) is 11.4. The number of hydrogen-bond donors (Lipinski definition) is 5. The van der Waals surface area contributed by atoms with E-state index < -0.39 is 28.6 Å². The number of aliphatic carboxylic acids is 1. The Morgan fingerprint density at radius 3 is 1.68 bits per heavy atom. The molecule has 0 amide bonds. The predicted octanol–water partition coefficient (Wildman–Crippen LogP) is 3.48. The number of nitrogens with two attached hydrogens (primary N) is 1. The lowest BCUT2D eigenvalue weighted by Gasteiger charge is -2.24. The normalized spacial score (nSPS) is 12.8. The third-order valence-electron chi connectivity index (χ3n) is 4.90. The lowest BCUT2D eigenvalue weighted by Crippen LogP contribution is -2.36. The topological polar surface area (TPSA) is 167 Å². The van der Waals surface area contributed by atoms with Crippen molar-refractivity contribution < 1.29 is 30.1 Å². The maximum atomic E-state index is 11.5. The third-order valence-corrected chi connectivity index (χ3v) is 5.95. The van der Waals surface area contributed by atoms with E-state index >= 15 is 0 Å². The summed E-state index contributed by atoms with van der Waals surface area (Å²) in [6, 6.07) is 17.7. The van der Waals surface area contributed by atoms with Gasteiger partial charge in [0, 0.05) is 21.1 Å². The second-order valence-electron chi connectivity index (χ2n) is 7.17. The van der Waals surface area contributed by atoms with Crippen LogP contribution in [-0.4, -0.2) is 44.0 Å². The van der Waals surface area contributed by atoms with E-state index in [2.05, 4.69) is 31.9 Å². The third kappa shape index (κ3) is 6.69. The molecule has 0 bridgehead atoms. The fraction of sp³-hybridized carbons (Fsp3) is 0.174. The summed E-state index contributed by atoms with van der Waals surface area (Å²) >= 11 is 6.56. The molecule has 2 atom stereocenters. The molecular weight excluding hydrogens is 576 g/mol. The van der Waals surface area contributed by atoms with E-state index in [0.717, 1.165) is 8.95 Å². The molecule has 0 fully saturated rings. The van der Waals surface area contributed by atoms with Crippen molar-refractivity contribution in [2.45, 2.75) is 17.7 Å². The second-order valence-corrected chi connectivity index (χ2v) is 9.00. The molecular formula is C23H22Br2N2O7. The maximum Gasteiger partial charge on any atom is 0.345 e. The Balaban J connectivity index is 0.000000248. The smallest absolute Gasteiger partial charge is 0.345 e. The van der Waals surface area contributed by atoms with Crippen LogP contribution < -0.4 is 5.73 Å². The predicted molar refractivity (Wildman–Crippen MR) is 132 cm³/mol. The highest BCUT2D eigenvalue weighted by Gasteiger charge is 2.40. The number of benzene rings is 3. The number of hydrogen-bond acceptors (Lipinski definition) is 7. The summed E-state index contributed by atoms with van der Waals surface area (Å²) in [5.41, 5.74) is 4.37. The number of halogens is 2. The first-order chi connectivity index (χ1) is 16.0. The molecule has 0 saturated heterocycles. The molecule has 9 nitrogen and oxygen atoms in total. The zero-order valence-corrected chi connectivity index (χ0v) is 20.8. The number of aliphatic hydroxyl groups is 3. The van der Waals surface area contributed by atoms with Gasteiger partial charge in [0.25, 0.3) is 5.69 Å². The van der Waals surface area contributed by atoms with E-state index in [-0.39, 0.29) is 12.3 Å². The highest BCUT2D eigenvalue weighted by Crippen LogP contribution is 2.31. The summed E-state index contributed by atoms with van der Waals surface area (Å²) in [5.74, 6) is -1.31. The number of non-ortho nitro benzene ring substituents is 1. The first kappa shape index (κ1) is 27.6. The molecule has 3 rings (SSSR count). The Morgan fingerprint density at radius 1 is 0.941 bits per heavy atom. The second kappa shape index (κ2) is 12.2. The average molecular weight is 598 g/mol. The van der Waals surface area contributed by atoms with Gasteiger partial charge < -0.3 is 26.2 Å². The van der Waals surface area contributed by atoms with Gasteiger partial charge in [-0.15, -0.1) is 0 Å². The van der Waals surface area contributed by atoms with E-state index in [9.17, 15) is 30.2 Å². The molecule has 3 aromatic rings. The van der Waals surface area contributed by atoms with E-state index in [1.165, 1.54) is 24.3 Å².